The number of halogens is 1. The van der Waals surface area contributed by atoms with Crippen LogP contribution in [0.4, 0.5) is 4.39 Å². The van der Waals surface area contributed by atoms with Gasteiger partial charge in [0.25, 0.3) is 0 Å². The molecule has 1 aromatic carbocycles. The Labute approximate surface area is 105 Å². The highest BCUT2D eigenvalue weighted by atomic mass is 19.1. The molecule has 1 heterocycles. The van der Waals surface area contributed by atoms with Gasteiger partial charge in [-0.25, -0.2) is 4.39 Å². The first-order chi connectivity index (χ1) is 8.68. The fourth-order valence-corrected chi connectivity index (χ4v) is 2.78. The molecular formula is C15H16FNO. The lowest BCUT2D eigenvalue weighted by Crippen LogP contribution is -2.15. The lowest BCUT2D eigenvalue weighted by Gasteiger charge is -2.09. The summed E-state index contributed by atoms with van der Waals surface area (Å²) < 4.78 is 14.1. The number of rotatable bonds is 0. The maximum atomic E-state index is 14.1. The minimum Gasteiger partial charge on any atom is -0.356 e. The molecule has 94 valence electrons. The molecule has 0 aliphatic heterocycles. The average molecular weight is 245 g/mol. The molecule has 3 heteroatoms. The molecule has 0 atom stereocenters. The molecular weight excluding hydrogens is 229 g/mol. The lowest BCUT2D eigenvalue weighted by molar-refractivity contribution is 0.626. The Bertz CT molecular complexity index is 672. The maximum absolute atomic E-state index is 14.1. The first-order valence-electron chi connectivity index (χ1n) is 6.51. The third-order valence-electron chi connectivity index (χ3n) is 3.85. The molecule has 2 aromatic rings. The Hall–Kier alpha value is -1.64. The molecule has 0 radical (unpaired) electrons. The van der Waals surface area contributed by atoms with Crippen LogP contribution in [0.3, 0.4) is 0 Å². The number of fused-ring (bicyclic) bond motifs is 2. The van der Waals surface area contributed by atoms with Gasteiger partial charge < -0.3 is 4.98 Å². The number of hydrogen-bond acceptors (Lipinski definition) is 1. The summed E-state index contributed by atoms with van der Waals surface area (Å²) in [6.45, 7) is 1.72. The van der Waals surface area contributed by atoms with Crippen LogP contribution in [0.1, 0.15) is 36.1 Å². The Morgan fingerprint density at radius 2 is 1.94 bits per heavy atom. The number of hydrogen-bond donors (Lipinski definition) is 1. The molecule has 1 aromatic heterocycles. The summed E-state index contributed by atoms with van der Waals surface area (Å²) in [5.41, 5.74) is 2.77. The van der Waals surface area contributed by atoms with Crippen LogP contribution in [-0.2, 0) is 12.8 Å². The number of benzene rings is 1. The summed E-state index contributed by atoms with van der Waals surface area (Å²) in [6, 6.07) is 3.41. The van der Waals surface area contributed by atoms with E-state index in [1.807, 2.05) is 0 Å². The largest absolute Gasteiger partial charge is 0.356 e. The smallest absolute Gasteiger partial charge is 0.192 e. The fourth-order valence-electron chi connectivity index (χ4n) is 2.78. The van der Waals surface area contributed by atoms with Gasteiger partial charge >= 0.3 is 0 Å². The molecule has 0 unspecified atom stereocenters. The van der Waals surface area contributed by atoms with Crippen LogP contribution < -0.4 is 5.43 Å². The first kappa shape index (κ1) is 11.5. The SMILES string of the molecule is Cc1ccc2c(=O)c3c([nH]c2c1F)CCCCC3. The van der Waals surface area contributed by atoms with Crippen LogP contribution >= 0.6 is 0 Å². The van der Waals surface area contributed by atoms with Crippen LogP contribution in [0.15, 0.2) is 16.9 Å². The average Bonchev–Trinajstić information content (AvgIpc) is 2.60. The molecule has 3 rings (SSSR count). The van der Waals surface area contributed by atoms with Crippen molar-refractivity contribution in [1.82, 2.24) is 4.98 Å². The molecule has 1 N–H and O–H groups in total. The molecule has 0 saturated heterocycles. The zero-order chi connectivity index (χ0) is 12.7. The summed E-state index contributed by atoms with van der Waals surface area (Å²) in [6.07, 6.45) is 4.93. The summed E-state index contributed by atoms with van der Waals surface area (Å²) in [7, 11) is 0. The molecule has 2 nitrogen and oxygen atoms in total. The molecule has 1 aliphatic rings. The highest BCUT2D eigenvalue weighted by Gasteiger charge is 2.16. The predicted molar refractivity (Wildman–Crippen MR) is 70.5 cm³/mol. The van der Waals surface area contributed by atoms with Gasteiger partial charge in [-0.2, -0.15) is 0 Å². The number of nitrogens with one attached hydrogen (secondary N) is 1. The highest BCUT2D eigenvalue weighted by Crippen LogP contribution is 2.22. The monoisotopic (exact) mass is 245 g/mol. The van der Waals surface area contributed by atoms with Crippen LogP contribution in [0.5, 0.6) is 0 Å². The van der Waals surface area contributed by atoms with Crippen LogP contribution in [-0.4, -0.2) is 4.98 Å². The third kappa shape index (κ3) is 1.65. The van der Waals surface area contributed by atoms with Gasteiger partial charge in [-0.15, -0.1) is 0 Å². The van der Waals surface area contributed by atoms with Crippen LogP contribution in [0, 0.1) is 12.7 Å². The van der Waals surface area contributed by atoms with E-state index in [0.29, 0.717) is 16.5 Å². The Balaban J connectivity index is 2.38. The van der Waals surface area contributed by atoms with Crippen molar-refractivity contribution in [2.75, 3.05) is 0 Å². The fraction of sp³-hybridized carbons (Fsp3) is 0.400. The van der Waals surface area contributed by atoms with Crippen molar-refractivity contribution in [3.05, 3.63) is 45.0 Å². The standard InChI is InChI=1S/C15H16FNO/c1-9-7-8-11-14(13(9)16)17-12-6-4-2-3-5-10(12)15(11)18/h7-8H,2-6H2,1H3,(H,17,18). The summed E-state index contributed by atoms with van der Waals surface area (Å²) in [4.78, 5) is 15.6. The molecule has 0 saturated carbocycles. The van der Waals surface area contributed by atoms with Crippen molar-refractivity contribution in [3.8, 4) is 0 Å². The van der Waals surface area contributed by atoms with Gasteiger partial charge in [0.15, 0.2) is 5.43 Å². The number of pyridine rings is 1. The first-order valence-corrected chi connectivity index (χ1v) is 6.51. The normalized spacial score (nSPS) is 15.4. The van der Waals surface area contributed by atoms with Gasteiger partial charge in [0, 0.05) is 16.6 Å². The molecule has 0 fully saturated rings. The second kappa shape index (κ2) is 4.23. The van der Waals surface area contributed by atoms with E-state index in [1.165, 1.54) is 0 Å². The second-order valence-electron chi connectivity index (χ2n) is 5.09. The van der Waals surface area contributed by atoms with Gasteiger partial charge in [-0.3, -0.25) is 4.79 Å². The van der Waals surface area contributed by atoms with Crippen molar-refractivity contribution < 1.29 is 4.39 Å². The summed E-state index contributed by atoms with van der Waals surface area (Å²) in [5, 5.41) is 0.485. The van der Waals surface area contributed by atoms with Crippen molar-refractivity contribution >= 4 is 10.9 Å². The van der Waals surface area contributed by atoms with Gasteiger partial charge in [0.05, 0.1) is 5.52 Å². The van der Waals surface area contributed by atoms with Gasteiger partial charge in [-0.05, 0) is 44.2 Å². The van der Waals surface area contributed by atoms with Crippen molar-refractivity contribution in [2.24, 2.45) is 0 Å². The van der Waals surface area contributed by atoms with Crippen molar-refractivity contribution in [2.45, 2.75) is 39.0 Å². The minimum absolute atomic E-state index is 0.0135. The van der Waals surface area contributed by atoms with Crippen molar-refractivity contribution in [3.63, 3.8) is 0 Å². The van der Waals surface area contributed by atoms with Gasteiger partial charge in [0.1, 0.15) is 5.82 Å². The maximum Gasteiger partial charge on any atom is 0.192 e. The van der Waals surface area contributed by atoms with E-state index in [2.05, 4.69) is 4.98 Å². The third-order valence-corrected chi connectivity index (χ3v) is 3.85. The number of aromatic amines is 1. The van der Waals surface area contributed by atoms with Crippen LogP contribution in [0.25, 0.3) is 10.9 Å². The number of aromatic nitrogens is 1. The topological polar surface area (TPSA) is 32.9 Å². The molecule has 18 heavy (non-hydrogen) atoms. The van der Waals surface area contributed by atoms with E-state index >= 15 is 0 Å². The minimum atomic E-state index is -0.295. The Morgan fingerprint density at radius 1 is 1.17 bits per heavy atom. The zero-order valence-electron chi connectivity index (χ0n) is 10.5. The molecule has 1 aliphatic carbocycles. The second-order valence-corrected chi connectivity index (χ2v) is 5.09. The Morgan fingerprint density at radius 3 is 2.78 bits per heavy atom. The number of aryl methyl sites for hydroxylation is 2. The van der Waals surface area contributed by atoms with E-state index in [9.17, 15) is 9.18 Å². The van der Waals surface area contributed by atoms with E-state index < -0.39 is 0 Å². The van der Waals surface area contributed by atoms with Crippen molar-refractivity contribution in [1.29, 1.82) is 0 Å². The van der Waals surface area contributed by atoms with E-state index in [-0.39, 0.29) is 11.2 Å². The quantitative estimate of drug-likeness (QED) is 0.710. The van der Waals surface area contributed by atoms with Crippen LogP contribution in [0.2, 0.25) is 0 Å². The summed E-state index contributed by atoms with van der Waals surface area (Å²) >= 11 is 0. The van der Waals surface area contributed by atoms with E-state index in [1.54, 1.807) is 19.1 Å². The molecule has 0 amide bonds. The molecule has 0 bridgehead atoms. The zero-order valence-corrected chi connectivity index (χ0v) is 10.5. The van der Waals surface area contributed by atoms with Gasteiger partial charge in [-0.1, -0.05) is 12.5 Å². The lowest BCUT2D eigenvalue weighted by atomic mass is 10.0. The van der Waals surface area contributed by atoms with E-state index in [4.69, 9.17) is 0 Å². The van der Waals surface area contributed by atoms with E-state index in [0.717, 1.165) is 43.4 Å². The summed E-state index contributed by atoms with van der Waals surface area (Å²) in [5.74, 6) is -0.295. The predicted octanol–water partition coefficient (Wildman–Crippen LogP) is 3.24. The van der Waals surface area contributed by atoms with Gasteiger partial charge in [0.2, 0.25) is 0 Å². The Kier molecular flexibility index (Phi) is 2.69. The highest BCUT2D eigenvalue weighted by molar-refractivity contribution is 5.80. The number of H-pyrrole nitrogens is 1. The molecule has 0 spiro atoms.